The molecular formula is C12H23NO4S. The second kappa shape index (κ2) is 5.67. The first-order chi connectivity index (χ1) is 8.24. The van der Waals surface area contributed by atoms with E-state index in [2.05, 4.69) is 5.32 Å². The van der Waals surface area contributed by atoms with Gasteiger partial charge in [0.2, 0.25) is 0 Å². The summed E-state index contributed by atoms with van der Waals surface area (Å²) >= 11 is 1.60. The van der Waals surface area contributed by atoms with Gasteiger partial charge in [-0.2, -0.15) is 11.8 Å². The van der Waals surface area contributed by atoms with Gasteiger partial charge in [0, 0.05) is 11.7 Å². The summed E-state index contributed by atoms with van der Waals surface area (Å²) in [6.45, 7) is 5.14. The van der Waals surface area contributed by atoms with Gasteiger partial charge in [-0.05, 0) is 33.4 Å². The zero-order valence-electron chi connectivity index (χ0n) is 11.4. The number of hydrogen-bond acceptors (Lipinski definition) is 5. The lowest BCUT2D eigenvalue weighted by Gasteiger charge is -2.24. The lowest BCUT2D eigenvalue weighted by molar-refractivity contribution is 0.0451. The van der Waals surface area contributed by atoms with Crippen molar-refractivity contribution >= 4 is 17.9 Å². The van der Waals surface area contributed by atoms with Crippen molar-refractivity contribution in [2.75, 3.05) is 18.6 Å². The second-order valence-electron chi connectivity index (χ2n) is 5.78. The molecule has 0 spiro atoms. The van der Waals surface area contributed by atoms with Crippen molar-refractivity contribution in [3.8, 4) is 0 Å². The van der Waals surface area contributed by atoms with Crippen LogP contribution < -0.4 is 5.32 Å². The summed E-state index contributed by atoms with van der Waals surface area (Å²) in [4.78, 5) is 11.8. The molecule has 106 valence electrons. The lowest BCUT2D eigenvalue weighted by Crippen LogP contribution is -2.45. The van der Waals surface area contributed by atoms with E-state index in [0.29, 0.717) is 12.2 Å². The van der Waals surface area contributed by atoms with Crippen LogP contribution in [0.15, 0.2) is 0 Å². The third-order valence-electron chi connectivity index (χ3n) is 2.94. The highest BCUT2D eigenvalue weighted by molar-refractivity contribution is 7.98. The van der Waals surface area contributed by atoms with Gasteiger partial charge in [0.05, 0.1) is 18.2 Å². The Morgan fingerprint density at radius 3 is 2.67 bits per heavy atom. The minimum Gasteiger partial charge on any atom is -0.444 e. The van der Waals surface area contributed by atoms with Gasteiger partial charge >= 0.3 is 6.09 Å². The first-order valence-electron chi connectivity index (χ1n) is 6.03. The Bertz CT molecular complexity index is 305. The van der Waals surface area contributed by atoms with Crippen molar-refractivity contribution in [1.29, 1.82) is 0 Å². The number of carbonyl (C=O) groups excluding carboxylic acids is 1. The fraction of sp³-hybridized carbons (Fsp3) is 0.917. The number of aliphatic hydroxyl groups is 2. The molecule has 0 aromatic heterocycles. The smallest absolute Gasteiger partial charge is 0.408 e. The molecule has 0 aromatic carbocycles. The topological polar surface area (TPSA) is 78.8 Å². The number of aliphatic hydroxyl groups excluding tert-OH is 2. The molecule has 0 saturated heterocycles. The third kappa shape index (κ3) is 4.03. The molecule has 18 heavy (non-hydrogen) atoms. The molecule has 0 aliphatic heterocycles. The molecular weight excluding hydrogens is 254 g/mol. The monoisotopic (exact) mass is 277 g/mol. The summed E-state index contributed by atoms with van der Waals surface area (Å²) in [5, 5.41) is 21.5. The number of nitrogens with one attached hydrogen (secondary N) is 1. The number of amides is 1. The van der Waals surface area contributed by atoms with Crippen LogP contribution in [0.25, 0.3) is 0 Å². The maximum absolute atomic E-state index is 11.8. The average molecular weight is 277 g/mol. The van der Waals surface area contributed by atoms with Crippen LogP contribution in [-0.4, -0.2) is 52.2 Å². The number of ether oxygens (including phenoxy) is 1. The predicted molar refractivity (Wildman–Crippen MR) is 71.7 cm³/mol. The van der Waals surface area contributed by atoms with E-state index in [-0.39, 0.29) is 12.5 Å². The summed E-state index contributed by atoms with van der Waals surface area (Å²) in [6.07, 6.45) is 1.37. The van der Waals surface area contributed by atoms with Gasteiger partial charge < -0.3 is 20.3 Å². The quantitative estimate of drug-likeness (QED) is 0.698. The summed E-state index contributed by atoms with van der Waals surface area (Å²) in [5.74, 6) is 0.607. The first-order valence-corrected chi connectivity index (χ1v) is 7.42. The van der Waals surface area contributed by atoms with Gasteiger partial charge in [-0.15, -0.1) is 0 Å². The van der Waals surface area contributed by atoms with Crippen LogP contribution in [-0.2, 0) is 4.74 Å². The molecule has 0 unspecified atom stereocenters. The highest BCUT2D eigenvalue weighted by Crippen LogP contribution is 2.47. The van der Waals surface area contributed by atoms with E-state index >= 15 is 0 Å². The standard InChI is InChI=1S/C12H23NO4S/c1-11(2,3)17-10(16)13-12(7-18-4)5-8(12)9(15)6-14/h8-9,14-15H,5-7H2,1-4H3,(H,13,16)/t8-,9+,12+/m0/s1. The summed E-state index contributed by atoms with van der Waals surface area (Å²) in [5.41, 5.74) is -0.978. The predicted octanol–water partition coefficient (Wildman–Crippen LogP) is 0.986. The molecule has 0 heterocycles. The normalized spacial score (nSPS) is 28.7. The largest absolute Gasteiger partial charge is 0.444 e. The molecule has 0 bridgehead atoms. The van der Waals surface area contributed by atoms with E-state index in [1.54, 1.807) is 32.5 Å². The Balaban J connectivity index is 2.58. The zero-order valence-corrected chi connectivity index (χ0v) is 12.2. The van der Waals surface area contributed by atoms with Gasteiger partial charge in [-0.1, -0.05) is 0 Å². The molecule has 0 radical (unpaired) electrons. The number of carbonyl (C=O) groups is 1. The summed E-state index contributed by atoms with van der Waals surface area (Å²) in [7, 11) is 0. The van der Waals surface area contributed by atoms with Crippen molar-refractivity contribution in [2.24, 2.45) is 5.92 Å². The maximum Gasteiger partial charge on any atom is 0.408 e. The number of thioether (sulfide) groups is 1. The van der Waals surface area contributed by atoms with E-state index in [1.165, 1.54) is 0 Å². The minimum atomic E-state index is -0.785. The van der Waals surface area contributed by atoms with Crippen molar-refractivity contribution in [2.45, 2.75) is 44.4 Å². The molecule has 3 atom stereocenters. The minimum absolute atomic E-state index is 0.0949. The number of rotatable bonds is 5. The highest BCUT2D eigenvalue weighted by atomic mass is 32.2. The summed E-state index contributed by atoms with van der Waals surface area (Å²) < 4.78 is 5.22. The molecule has 1 aliphatic carbocycles. The Hall–Kier alpha value is -0.460. The van der Waals surface area contributed by atoms with Crippen LogP contribution in [0, 0.1) is 5.92 Å². The van der Waals surface area contributed by atoms with E-state index in [1.807, 2.05) is 6.26 Å². The van der Waals surface area contributed by atoms with Gasteiger partial charge in [-0.25, -0.2) is 4.79 Å². The Morgan fingerprint density at radius 1 is 1.61 bits per heavy atom. The van der Waals surface area contributed by atoms with Crippen molar-refractivity contribution < 1.29 is 19.7 Å². The third-order valence-corrected chi connectivity index (χ3v) is 3.74. The molecule has 0 aromatic rings. The van der Waals surface area contributed by atoms with Gasteiger partial charge in [0.25, 0.3) is 0 Å². The van der Waals surface area contributed by atoms with Crippen LogP contribution >= 0.6 is 11.8 Å². The van der Waals surface area contributed by atoms with Crippen LogP contribution in [0.5, 0.6) is 0 Å². The van der Waals surface area contributed by atoms with Crippen LogP contribution in [0.2, 0.25) is 0 Å². The highest BCUT2D eigenvalue weighted by Gasteiger charge is 2.58. The molecule has 1 fully saturated rings. The SMILES string of the molecule is CSC[C@]1(NC(=O)OC(C)(C)C)C[C@H]1[C@H](O)CO. The fourth-order valence-electron chi connectivity index (χ4n) is 2.08. The zero-order chi connectivity index (χ0) is 14.0. The lowest BCUT2D eigenvalue weighted by atomic mass is 10.1. The number of alkyl carbamates (subject to hydrolysis) is 1. The van der Waals surface area contributed by atoms with Crippen LogP contribution in [0.1, 0.15) is 27.2 Å². The molecule has 1 aliphatic rings. The van der Waals surface area contributed by atoms with E-state index in [4.69, 9.17) is 9.84 Å². The molecule has 1 saturated carbocycles. The van der Waals surface area contributed by atoms with Crippen molar-refractivity contribution in [3.63, 3.8) is 0 Å². The molecule has 1 rings (SSSR count). The summed E-state index contributed by atoms with van der Waals surface area (Å²) in [6, 6.07) is 0. The van der Waals surface area contributed by atoms with Crippen LogP contribution in [0.3, 0.4) is 0 Å². The van der Waals surface area contributed by atoms with E-state index in [0.717, 1.165) is 0 Å². The molecule has 5 nitrogen and oxygen atoms in total. The molecule has 6 heteroatoms. The first kappa shape index (κ1) is 15.6. The Morgan fingerprint density at radius 2 is 2.22 bits per heavy atom. The maximum atomic E-state index is 11.8. The van der Waals surface area contributed by atoms with Gasteiger partial charge in [0.15, 0.2) is 0 Å². The van der Waals surface area contributed by atoms with Gasteiger partial charge in [0.1, 0.15) is 5.60 Å². The van der Waals surface area contributed by atoms with Gasteiger partial charge in [-0.3, -0.25) is 0 Å². The molecule has 3 N–H and O–H groups in total. The number of hydrogen-bond donors (Lipinski definition) is 3. The Labute approximate surface area is 112 Å². The van der Waals surface area contributed by atoms with Crippen LogP contribution in [0.4, 0.5) is 4.79 Å². The van der Waals surface area contributed by atoms with Crippen molar-refractivity contribution in [1.82, 2.24) is 5.32 Å². The Kier molecular flexibility index (Phi) is 4.91. The second-order valence-corrected chi connectivity index (χ2v) is 6.64. The van der Waals surface area contributed by atoms with E-state index < -0.39 is 23.3 Å². The fourth-order valence-corrected chi connectivity index (χ4v) is 2.99. The van der Waals surface area contributed by atoms with E-state index in [9.17, 15) is 9.90 Å². The molecule has 1 amide bonds. The van der Waals surface area contributed by atoms with Crippen molar-refractivity contribution in [3.05, 3.63) is 0 Å². The average Bonchev–Trinajstić information content (AvgIpc) is 2.88.